The molecule has 0 atom stereocenters. The molecule has 0 saturated carbocycles. The normalized spacial score (nSPS) is 10.5. The van der Waals surface area contributed by atoms with E-state index < -0.39 is 0 Å². The summed E-state index contributed by atoms with van der Waals surface area (Å²) < 4.78 is 10.7. The van der Waals surface area contributed by atoms with E-state index in [1.54, 1.807) is 62.4 Å². The van der Waals surface area contributed by atoms with Crippen molar-refractivity contribution >= 4 is 23.2 Å². The van der Waals surface area contributed by atoms with E-state index in [2.05, 4.69) is 10.5 Å². The molecular weight excluding hydrogens is 328 g/mol. The monoisotopic (exact) mass is 342 g/mol. The summed E-state index contributed by atoms with van der Waals surface area (Å²) in [4.78, 5) is 12.3. The van der Waals surface area contributed by atoms with E-state index >= 15 is 0 Å². The molecule has 0 saturated heterocycles. The molecule has 0 bridgehead atoms. The van der Waals surface area contributed by atoms with Crippen LogP contribution in [0.25, 0.3) is 0 Å². The van der Waals surface area contributed by atoms with Gasteiger partial charge in [0.05, 0.1) is 5.69 Å². The van der Waals surface area contributed by atoms with Crippen LogP contribution in [0, 0.1) is 13.8 Å². The topological polar surface area (TPSA) is 64.4 Å². The first-order valence-corrected chi connectivity index (χ1v) is 7.68. The molecule has 0 aliphatic carbocycles. The highest BCUT2D eigenvalue weighted by Crippen LogP contribution is 2.24. The van der Waals surface area contributed by atoms with E-state index in [0.29, 0.717) is 39.2 Å². The zero-order chi connectivity index (χ0) is 17.1. The Labute approximate surface area is 144 Å². The van der Waals surface area contributed by atoms with Crippen molar-refractivity contribution in [2.45, 2.75) is 13.8 Å². The minimum atomic E-state index is -0.252. The number of amides is 1. The van der Waals surface area contributed by atoms with E-state index in [0.717, 1.165) is 0 Å². The van der Waals surface area contributed by atoms with E-state index in [4.69, 9.17) is 20.9 Å². The number of nitrogens with one attached hydrogen (secondary N) is 1. The summed E-state index contributed by atoms with van der Waals surface area (Å²) >= 11 is 5.84. The Kier molecular flexibility index (Phi) is 4.53. The highest BCUT2D eigenvalue weighted by atomic mass is 35.5. The van der Waals surface area contributed by atoms with E-state index in [1.807, 2.05) is 0 Å². The molecule has 1 aromatic heterocycles. The van der Waals surface area contributed by atoms with Crippen LogP contribution in [0.2, 0.25) is 5.02 Å². The highest BCUT2D eigenvalue weighted by Gasteiger charge is 2.17. The van der Waals surface area contributed by atoms with Crippen LogP contribution < -0.4 is 10.1 Å². The zero-order valence-electron chi connectivity index (χ0n) is 13.2. The molecule has 5 nitrogen and oxygen atoms in total. The van der Waals surface area contributed by atoms with Crippen LogP contribution in [0.4, 0.5) is 5.69 Å². The molecule has 1 heterocycles. The molecule has 0 unspecified atom stereocenters. The Morgan fingerprint density at radius 3 is 2.17 bits per heavy atom. The third-order valence-corrected chi connectivity index (χ3v) is 3.67. The molecule has 6 heteroatoms. The maximum atomic E-state index is 12.3. The van der Waals surface area contributed by atoms with Crippen molar-refractivity contribution in [3.05, 3.63) is 70.6 Å². The number of anilines is 1. The van der Waals surface area contributed by atoms with Gasteiger partial charge in [-0.25, -0.2) is 0 Å². The van der Waals surface area contributed by atoms with Gasteiger partial charge < -0.3 is 14.6 Å². The standard InChI is InChI=1S/C18H15ClN2O3/c1-11-17(12(2)24-21-11)18(22)20-14-5-9-16(10-6-14)23-15-7-3-13(19)4-8-15/h3-10H,1-2H3,(H,20,22). The average Bonchev–Trinajstić information content (AvgIpc) is 2.90. The lowest BCUT2D eigenvalue weighted by Gasteiger charge is -2.08. The van der Waals surface area contributed by atoms with Gasteiger partial charge in [-0.15, -0.1) is 0 Å². The van der Waals surface area contributed by atoms with Crippen LogP contribution >= 0.6 is 11.6 Å². The number of hydrogen-bond donors (Lipinski definition) is 1. The number of halogens is 1. The van der Waals surface area contributed by atoms with Crippen LogP contribution in [-0.4, -0.2) is 11.1 Å². The second-order valence-corrected chi connectivity index (χ2v) is 5.67. The number of hydrogen-bond acceptors (Lipinski definition) is 4. The third kappa shape index (κ3) is 3.58. The highest BCUT2D eigenvalue weighted by molar-refractivity contribution is 6.30. The van der Waals surface area contributed by atoms with Crippen molar-refractivity contribution in [3.8, 4) is 11.5 Å². The van der Waals surface area contributed by atoms with E-state index in [1.165, 1.54) is 0 Å². The van der Waals surface area contributed by atoms with Gasteiger partial charge in [0.15, 0.2) is 0 Å². The van der Waals surface area contributed by atoms with Crippen LogP contribution in [0.5, 0.6) is 11.5 Å². The predicted octanol–water partition coefficient (Wildman–Crippen LogP) is 4.99. The fourth-order valence-corrected chi connectivity index (χ4v) is 2.37. The molecule has 0 aliphatic rings. The molecule has 1 N–H and O–H groups in total. The first-order chi connectivity index (χ1) is 11.5. The summed E-state index contributed by atoms with van der Waals surface area (Å²) in [6.45, 7) is 3.44. The molecule has 0 radical (unpaired) electrons. The second kappa shape index (κ2) is 6.76. The first-order valence-electron chi connectivity index (χ1n) is 7.30. The van der Waals surface area contributed by atoms with Crippen molar-refractivity contribution in [2.75, 3.05) is 5.32 Å². The Bertz CT molecular complexity index is 835. The molecule has 122 valence electrons. The summed E-state index contributed by atoms with van der Waals surface area (Å²) in [6, 6.07) is 14.2. The average molecular weight is 343 g/mol. The van der Waals surface area contributed by atoms with E-state index in [-0.39, 0.29) is 5.91 Å². The number of carbonyl (C=O) groups is 1. The number of rotatable bonds is 4. The number of aromatic nitrogens is 1. The van der Waals surface area contributed by atoms with Gasteiger partial charge in [-0.3, -0.25) is 4.79 Å². The van der Waals surface area contributed by atoms with Gasteiger partial charge >= 0.3 is 0 Å². The minimum Gasteiger partial charge on any atom is -0.457 e. The summed E-state index contributed by atoms with van der Waals surface area (Å²) in [5.74, 6) is 1.59. The first kappa shape index (κ1) is 16.1. The van der Waals surface area contributed by atoms with Crippen molar-refractivity contribution in [1.82, 2.24) is 5.16 Å². The Morgan fingerprint density at radius 1 is 1.04 bits per heavy atom. The number of benzene rings is 2. The fourth-order valence-electron chi connectivity index (χ4n) is 2.25. The largest absolute Gasteiger partial charge is 0.457 e. The Morgan fingerprint density at radius 2 is 1.62 bits per heavy atom. The summed E-state index contributed by atoms with van der Waals surface area (Å²) in [7, 11) is 0. The van der Waals surface area contributed by atoms with Gasteiger partial charge in [-0.2, -0.15) is 0 Å². The maximum Gasteiger partial charge on any atom is 0.261 e. The number of ether oxygens (including phenoxy) is 1. The van der Waals surface area contributed by atoms with Gasteiger partial charge in [0.1, 0.15) is 22.8 Å². The Hall–Kier alpha value is -2.79. The Balaban J connectivity index is 1.68. The third-order valence-electron chi connectivity index (χ3n) is 3.42. The van der Waals surface area contributed by atoms with Gasteiger partial charge in [0.2, 0.25) is 0 Å². The lowest BCUT2D eigenvalue weighted by atomic mass is 10.2. The predicted molar refractivity (Wildman–Crippen MR) is 91.9 cm³/mol. The molecule has 2 aromatic carbocycles. The molecule has 0 aliphatic heterocycles. The quantitative estimate of drug-likeness (QED) is 0.725. The molecule has 1 amide bonds. The lowest BCUT2D eigenvalue weighted by Crippen LogP contribution is -2.13. The SMILES string of the molecule is Cc1noc(C)c1C(=O)Nc1ccc(Oc2ccc(Cl)cc2)cc1. The van der Waals surface area contributed by atoms with Gasteiger partial charge in [-0.1, -0.05) is 16.8 Å². The van der Waals surface area contributed by atoms with Crippen LogP contribution in [-0.2, 0) is 0 Å². The van der Waals surface area contributed by atoms with Crippen molar-refractivity contribution in [1.29, 1.82) is 0 Å². The van der Waals surface area contributed by atoms with Crippen LogP contribution in [0.3, 0.4) is 0 Å². The summed E-state index contributed by atoms with van der Waals surface area (Å²) in [5, 5.41) is 7.25. The molecule has 3 aromatic rings. The van der Waals surface area contributed by atoms with Gasteiger partial charge in [0, 0.05) is 10.7 Å². The smallest absolute Gasteiger partial charge is 0.261 e. The summed E-state index contributed by atoms with van der Waals surface area (Å²) in [5.41, 5.74) is 1.67. The molecule has 3 rings (SSSR count). The van der Waals surface area contributed by atoms with Crippen LogP contribution in [0.15, 0.2) is 53.1 Å². The van der Waals surface area contributed by atoms with Gasteiger partial charge in [-0.05, 0) is 62.4 Å². The lowest BCUT2D eigenvalue weighted by molar-refractivity contribution is 0.102. The fraction of sp³-hybridized carbons (Fsp3) is 0.111. The number of carbonyl (C=O) groups excluding carboxylic acids is 1. The second-order valence-electron chi connectivity index (χ2n) is 5.23. The van der Waals surface area contributed by atoms with Crippen molar-refractivity contribution < 1.29 is 14.1 Å². The van der Waals surface area contributed by atoms with Crippen molar-refractivity contribution in [2.24, 2.45) is 0 Å². The molecule has 0 fully saturated rings. The minimum absolute atomic E-state index is 0.252. The van der Waals surface area contributed by atoms with Gasteiger partial charge in [0.25, 0.3) is 5.91 Å². The zero-order valence-corrected chi connectivity index (χ0v) is 13.9. The molecular formula is C18H15ClN2O3. The summed E-state index contributed by atoms with van der Waals surface area (Å²) in [6.07, 6.45) is 0. The maximum absolute atomic E-state index is 12.3. The van der Waals surface area contributed by atoms with E-state index in [9.17, 15) is 4.79 Å². The molecule has 24 heavy (non-hydrogen) atoms. The number of aryl methyl sites for hydroxylation is 2. The number of nitrogens with zero attached hydrogens (tertiary/aromatic N) is 1. The van der Waals surface area contributed by atoms with Crippen LogP contribution in [0.1, 0.15) is 21.8 Å². The van der Waals surface area contributed by atoms with Crippen molar-refractivity contribution in [3.63, 3.8) is 0 Å². The molecule has 0 spiro atoms.